The predicted octanol–water partition coefficient (Wildman–Crippen LogP) is 7.27. The highest BCUT2D eigenvalue weighted by atomic mass is 32.2. The quantitative estimate of drug-likeness (QED) is 0.307. The van der Waals surface area contributed by atoms with Gasteiger partial charge in [-0.15, -0.1) is 0 Å². The fourth-order valence-corrected chi connectivity index (χ4v) is 9.92. The Kier molecular flexibility index (Phi) is 6.43. The maximum absolute atomic E-state index is 13.2. The second-order valence-electron chi connectivity index (χ2n) is 13.3. The molecule has 5 nitrogen and oxygen atoms in total. The number of nitrogens with zero attached hydrogens (tertiary/aromatic N) is 4. The zero-order chi connectivity index (χ0) is 27.4. The Morgan fingerprint density at radius 1 is 0.878 bits per heavy atom. The van der Waals surface area contributed by atoms with Gasteiger partial charge in [0.1, 0.15) is 0 Å². The molecule has 9 rings (SSSR count). The van der Waals surface area contributed by atoms with Gasteiger partial charge in [-0.1, -0.05) is 48.5 Å². The van der Waals surface area contributed by atoms with E-state index in [0.717, 1.165) is 71.4 Å². The van der Waals surface area contributed by atoms with Gasteiger partial charge in [-0.3, -0.25) is 4.79 Å². The topological polar surface area (TPSA) is 50.5 Å². The van der Waals surface area contributed by atoms with Gasteiger partial charge in [0.05, 0.1) is 16.3 Å². The number of rotatable bonds is 5. The zero-order valence-corrected chi connectivity index (χ0v) is 24.4. The number of carbonyl (C=O) groups is 1. The number of carbonyl (C=O) groups excluding carboxylic acids is 1. The number of amides is 1. The van der Waals surface area contributed by atoms with Crippen molar-refractivity contribution in [2.75, 3.05) is 13.1 Å². The first kappa shape index (κ1) is 25.6. The van der Waals surface area contributed by atoms with Crippen molar-refractivity contribution in [2.24, 2.45) is 28.7 Å². The number of thioether (sulfide) groups is 1. The average molecular weight is 563 g/mol. The van der Waals surface area contributed by atoms with Crippen molar-refractivity contribution < 1.29 is 4.79 Å². The summed E-state index contributed by atoms with van der Waals surface area (Å²) in [6.07, 6.45) is 15.7. The summed E-state index contributed by atoms with van der Waals surface area (Å²) in [5.41, 5.74) is 4.98. The number of aromatic nitrogens is 2. The first-order valence-corrected chi connectivity index (χ1v) is 16.4. The zero-order valence-electron chi connectivity index (χ0n) is 23.6. The molecule has 3 aromatic rings. The normalized spacial score (nSPS) is 30.4. The fourth-order valence-electron chi connectivity index (χ4n) is 8.97. The van der Waals surface area contributed by atoms with Crippen molar-refractivity contribution in [1.29, 1.82) is 0 Å². The minimum atomic E-state index is -0.0969. The summed E-state index contributed by atoms with van der Waals surface area (Å²) in [6, 6.07) is 21.2. The van der Waals surface area contributed by atoms with Crippen LogP contribution in [0.25, 0.3) is 11.8 Å². The lowest BCUT2D eigenvalue weighted by Gasteiger charge is -2.56. The number of hydrogen-bond acceptors (Lipinski definition) is 4. The number of amidine groups is 1. The fraction of sp³-hybridized carbons (Fsp3) is 0.457. The van der Waals surface area contributed by atoms with E-state index in [1.165, 1.54) is 49.8 Å². The Labute approximate surface area is 247 Å². The third kappa shape index (κ3) is 4.88. The Balaban J connectivity index is 1.04. The van der Waals surface area contributed by atoms with Gasteiger partial charge in [0.15, 0.2) is 5.17 Å². The standard InChI is InChI=1S/C35H38N4OS/c40-33-31(41-34(36-33)38-13-11-25(12-14-38)15-24-7-3-1-4-8-24)19-29-23-39(30-9-5-2-6-10-30)37-32(29)35-20-26-16-27(21-35)18-28(17-26)22-35/h1-10,19,23,25-28H,11-18,20-22H2/b31-19-. The van der Waals surface area contributed by atoms with Crippen molar-refractivity contribution in [2.45, 2.75) is 63.2 Å². The van der Waals surface area contributed by atoms with Crippen molar-refractivity contribution in [3.8, 4) is 5.69 Å². The first-order chi connectivity index (χ1) is 20.1. The number of para-hydroxylation sites is 1. The first-order valence-electron chi connectivity index (χ1n) is 15.6. The smallest absolute Gasteiger partial charge is 0.286 e. The number of likely N-dealkylation sites (tertiary alicyclic amines) is 1. The molecule has 2 aromatic carbocycles. The van der Waals surface area contributed by atoms with Crippen LogP contribution in [-0.2, 0) is 16.6 Å². The van der Waals surface area contributed by atoms with Gasteiger partial charge in [-0.2, -0.15) is 10.1 Å². The van der Waals surface area contributed by atoms with Gasteiger partial charge in [0.2, 0.25) is 0 Å². The van der Waals surface area contributed by atoms with E-state index in [1.54, 1.807) is 11.8 Å². The second-order valence-corrected chi connectivity index (χ2v) is 14.4. The molecule has 1 saturated heterocycles. The summed E-state index contributed by atoms with van der Waals surface area (Å²) in [5.74, 6) is 3.11. The highest BCUT2D eigenvalue weighted by Crippen LogP contribution is 2.61. The van der Waals surface area contributed by atoms with E-state index in [1.807, 2.05) is 10.7 Å². The van der Waals surface area contributed by atoms with Gasteiger partial charge < -0.3 is 4.90 Å². The van der Waals surface area contributed by atoms with Crippen LogP contribution in [0, 0.1) is 23.7 Å². The minimum absolute atomic E-state index is 0.0969. The van der Waals surface area contributed by atoms with Gasteiger partial charge >= 0.3 is 0 Å². The molecule has 0 N–H and O–H groups in total. The van der Waals surface area contributed by atoms with Gasteiger partial charge in [-0.25, -0.2) is 4.68 Å². The monoisotopic (exact) mass is 562 g/mol. The molecule has 4 aliphatic carbocycles. The number of benzene rings is 2. The minimum Gasteiger partial charge on any atom is -0.351 e. The van der Waals surface area contributed by atoms with Crippen LogP contribution in [0.1, 0.15) is 68.2 Å². The SMILES string of the molecule is O=C1N=C(N2CCC(Cc3ccccc3)CC2)S/C1=C\c1cn(-c2ccccc2)nc1C12CC3CC(CC(C3)C1)C2. The van der Waals surface area contributed by atoms with Crippen molar-refractivity contribution in [3.05, 3.63) is 88.6 Å². The average Bonchev–Trinajstić information content (AvgIpc) is 3.58. The van der Waals surface area contributed by atoms with Crippen LogP contribution >= 0.6 is 11.8 Å². The Morgan fingerprint density at radius 2 is 1.51 bits per heavy atom. The summed E-state index contributed by atoms with van der Waals surface area (Å²) in [7, 11) is 0. The summed E-state index contributed by atoms with van der Waals surface area (Å²) < 4.78 is 2.05. The number of hydrogen-bond donors (Lipinski definition) is 0. The summed E-state index contributed by atoms with van der Waals surface area (Å²) in [4.78, 5) is 20.9. The molecule has 1 amide bonds. The molecule has 5 fully saturated rings. The molecule has 210 valence electrons. The Morgan fingerprint density at radius 3 is 2.17 bits per heavy atom. The van der Waals surface area contributed by atoms with Gasteiger partial charge in [-0.05, 0) is 117 Å². The van der Waals surface area contributed by atoms with Crippen molar-refractivity contribution in [1.82, 2.24) is 14.7 Å². The van der Waals surface area contributed by atoms with Crippen LogP contribution in [0.3, 0.4) is 0 Å². The summed E-state index contributed by atoms with van der Waals surface area (Å²) in [6.45, 7) is 1.93. The highest BCUT2D eigenvalue weighted by molar-refractivity contribution is 8.18. The van der Waals surface area contributed by atoms with E-state index in [9.17, 15) is 4.79 Å². The molecule has 0 spiro atoms. The van der Waals surface area contributed by atoms with Crippen LogP contribution in [0.5, 0.6) is 0 Å². The molecule has 41 heavy (non-hydrogen) atoms. The third-order valence-electron chi connectivity index (χ3n) is 10.5. The molecule has 3 heterocycles. The van der Waals surface area contributed by atoms with Crippen LogP contribution in [0.15, 0.2) is 76.8 Å². The predicted molar refractivity (Wildman–Crippen MR) is 166 cm³/mol. The van der Waals surface area contributed by atoms with E-state index in [0.29, 0.717) is 5.92 Å². The lowest BCUT2D eigenvalue weighted by atomic mass is 9.48. The van der Waals surface area contributed by atoms with Crippen LogP contribution in [-0.4, -0.2) is 38.8 Å². The van der Waals surface area contributed by atoms with Gasteiger partial charge in [0.25, 0.3) is 5.91 Å². The molecule has 4 bridgehead atoms. The molecular formula is C35H38N4OS. The Bertz CT molecular complexity index is 1460. The number of piperidine rings is 1. The van der Waals surface area contributed by atoms with E-state index in [2.05, 4.69) is 76.8 Å². The molecule has 1 aromatic heterocycles. The summed E-state index contributed by atoms with van der Waals surface area (Å²) >= 11 is 1.57. The van der Waals surface area contributed by atoms with E-state index < -0.39 is 0 Å². The maximum Gasteiger partial charge on any atom is 0.286 e. The summed E-state index contributed by atoms with van der Waals surface area (Å²) in [5, 5.41) is 6.17. The van der Waals surface area contributed by atoms with Crippen molar-refractivity contribution in [3.63, 3.8) is 0 Å². The van der Waals surface area contributed by atoms with Crippen molar-refractivity contribution >= 4 is 28.9 Å². The lowest BCUT2D eigenvalue weighted by Crippen LogP contribution is -2.49. The second kappa shape index (κ2) is 10.3. The number of aliphatic imine (C=N–C) groups is 1. The molecule has 2 aliphatic heterocycles. The molecule has 4 saturated carbocycles. The molecule has 6 heteroatoms. The largest absolute Gasteiger partial charge is 0.351 e. The highest BCUT2D eigenvalue weighted by Gasteiger charge is 2.53. The molecule has 6 aliphatic rings. The van der Waals surface area contributed by atoms with Crippen LogP contribution in [0.4, 0.5) is 0 Å². The molecule has 0 atom stereocenters. The third-order valence-corrected chi connectivity index (χ3v) is 11.5. The maximum atomic E-state index is 13.2. The van der Waals surface area contributed by atoms with Crippen LogP contribution in [0.2, 0.25) is 0 Å². The van der Waals surface area contributed by atoms with E-state index >= 15 is 0 Å². The molecule has 0 radical (unpaired) electrons. The van der Waals surface area contributed by atoms with E-state index in [4.69, 9.17) is 5.10 Å². The van der Waals surface area contributed by atoms with E-state index in [-0.39, 0.29) is 11.3 Å². The Hall–Kier alpha value is -3.12. The lowest BCUT2D eigenvalue weighted by molar-refractivity contribution is -0.113. The van der Waals surface area contributed by atoms with Gasteiger partial charge in [0, 0.05) is 30.3 Å². The van der Waals surface area contributed by atoms with Crippen LogP contribution < -0.4 is 0 Å². The molecule has 0 unspecified atom stereocenters. The molecular weight excluding hydrogens is 524 g/mol.